The molecular weight excluding hydrogens is 759 g/mol. The predicted molar refractivity (Wildman–Crippen MR) is 229 cm³/mol. The number of imide groups is 1. The van der Waals surface area contributed by atoms with Gasteiger partial charge in [-0.25, -0.2) is 0 Å². The normalized spacial score (nSPS) is 18.9. The number of rotatable bonds is 18. The van der Waals surface area contributed by atoms with Crippen LogP contribution in [-0.2, 0) is 27.3 Å². The zero-order valence-electron chi connectivity index (χ0n) is 34.7. The van der Waals surface area contributed by atoms with Crippen LogP contribution in [0.1, 0.15) is 115 Å². The molecule has 5 amide bonds. The van der Waals surface area contributed by atoms with E-state index in [9.17, 15) is 24.0 Å². The molecule has 1 unspecified atom stereocenters. The minimum atomic E-state index is -0.582. The van der Waals surface area contributed by atoms with Crippen LogP contribution in [-0.4, -0.2) is 118 Å². The molecule has 4 aliphatic heterocycles. The van der Waals surface area contributed by atoms with Crippen molar-refractivity contribution in [2.45, 2.75) is 96.1 Å². The third kappa shape index (κ3) is 11.4. The largest absolute Gasteiger partial charge is 0.353 e. The van der Waals surface area contributed by atoms with Gasteiger partial charge in [0, 0.05) is 82.8 Å². The van der Waals surface area contributed by atoms with Gasteiger partial charge in [0.15, 0.2) is 11.5 Å². The maximum atomic E-state index is 13.2. The number of nitrogens with one attached hydrogen (secondary N) is 2. The fourth-order valence-corrected chi connectivity index (χ4v) is 8.94. The number of unbranched alkanes of at least 4 members (excludes halogenated alkanes) is 5. The molecule has 3 aromatic rings. The minimum absolute atomic E-state index is 0.0437. The van der Waals surface area contributed by atoms with E-state index in [0.29, 0.717) is 36.7 Å². The van der Waals surface area contributed by atoms with Gasteiger partial charge in [0.25, 0.3) is 11.8 Å². The second kappa shape index (κ2) is 21.1. The van der Waals surface area contributed by atoms with E-state index >= 15 is 0 Å². The van der Waals surface area contributed by atoms with E-state index in [4.69, 9.17) is 0 Å². The molecule has 7 rings (SSSR count). The molecule has 0 spiro atoms. The summed E-state index contributed by atoms with van der Waals surface area (Å²) in [6.45, 7) is 7.36. The van der Waals surface area contributed by atoms with Crippen LogP contribution in [0.3, 0.4) is 0 Å². The summed E-state index contributed by atoms with van der Waals surface area (Å²) >= 11 is 0. The summed E-state index contributed by atoms with van der Waals surface area (Å²) < 4.78 is 0. The van der Waals surface area contributed by atoms with Gasteiger partial charge < -0.3 is 20.0 Å². The first-order valence-corrected chi connectivity index (χ1v) is 22.0. The van der Waals surface area contributed by atoms with Gasteiger partial charge in [-0.3, -0.25) is 39.2 Å². The Morgan fingerprint density at radius 2 is 1.65 bits per heavy atom. The molecule has 2 N–H and O–H groups in total. The molecule has 0 aliphatic carbocycles. The monoisotopic (exact) mass is 817 g/mol. The smallest absolute Gasteiger partial charge is 0.274 e. The van der Waals surface area contributed by atoms with Crippen LogP contribution in [0.15, 0.2) is 60.9 Å². The van der Waals surface area contributed by atoms with Gasteiger partial charge in [-0.15, -0.1) is 10.2 Å². The fraction of sp³-hybridized carbons (Fsp3) is 0.522. The average Bonchev–Trinajstić information content (AvgIpc) is 3.61. The molecule has 4 aliphatic rings. The van der Waals surface area contributed by atoms with E-state index in [1.165, 1.54) is 18.4 Å². The lowest BCUT2D eigenvalue weighted by molar-refractivity contribution is -0.137. The van der Waals surface area contributed by atoms with Crippen molar-refractivity contribution in [3.05, 3.63) is 88.9 Å². The molecular formula is C46H59N9O5. The van der Waals surface area contributed by atoms with E-state index in [-0.39, 0.29) is 36.0 Å². The highest BCUT2D eigenvalue weighted by atomic mass is 16.2. The van der Waals surface area contributed by atoms with Gasteiger partial charge in [0.2, 0.25) is 17.7 Å². The van der Waals surface area contributed by atoms with Gasteiger partial charge in [-0.1, -0.05) is 50.3 Å². The summed E-state index contributed by atoms with van der Waals surface area (Å²) in [7, 11) is 0. The molecule has 3 saturated heterocycles. The van der Waals surface area contributed by atoms with Gasteiger partial charge in [-0.05, 0) is 104 Å². The Morgan fingerprint density at radius 3 is 2.42 bits per heavy atom. The Balaban J connectivity index is 0.723. The molecule has 14 nitrogen and oxygen atoms in total. The molecule has 3 fully saturated rings. The van der Waals surface area contributed by atoms with Gasteiger partial charge in [0.1, 0.15) is 6.04 Å². The first-order chi connectivity index (χ1) is 29.3. The van der Waals surface area contributed by atoms with E-state index < -0.39 is 6.04 Å². The molecule has 60 heavy (non-hydrogen) atoms. The molecule has 6 heterocycles. The SMILES string of the molecule is O=C(/C=C/c1cccnc1)NCCCCC1CCN(C(=O)c2ccc(N3CCN(CCCCCCCc4cccc5c4CN(C4CCC(=O)NC4=O)C5=O)CC3)nn2)CC1. The van der Waals surface area contributed by atoms with Gasteiger partial charge in [0.05, 0.1) is 0 Å². The number of anilines is 1. The van der Waals surface area contributed by atoms with Crippen molar-refractivity contribution >= 4 is 41.4 Å². The number of hydrogen-bond acceptors (Lipinski definition) is 10. The Kier molecular flexibility index (Phi) is 15.0. The van der Waals surface area contributed by atoms with E-state index in [1.807, 2.05) is 41.3 Å². The standard InChI is InChI=1S/C46H59N9O5/c56-42(19-15-35-11-9-23-47-32-35)48-24-6-5-10-34-21-26-54(27-22-34)46(60)39-16-18-41(51-50-39)53-30-28-52(29-31-53)25-7-3-1-2-4-12-36-13-8-14-37-38(36)33-55(45(37)59)40-17-20-43(57)49-44(40)58/h8-9,11,13-16,18-19,23,32,34,40H,1-7,10,12,17,20-22,24-31,33H2,(H,48,56)(H,49,57,58)/b19-15+. The third-order valence-electron chi connectivity index (χ3n) is 12.5. The molecule has 2 aromatic heterocycles. The van der Waals surface area contributed by atoms with Crippen molar-refractivity contribution < 1.29 is 24.0 Å². The van der Waals surface area contributed by atoms with Crippen molar-refractivity contribution in [1.82, 2.24) is 40.5 Å². The summed E-state index contributed by atoms with van der Waals surface area (Å²) in [4.78, 5) is 74.9. The first-order valence-electron chi connectivity index (χ1n) is 22.0. The molecule has 1 atom stereocenters. The molecule has 0 saturated carbocycles. The van der Waals surface area contributed by atoms with Gasteiger partial charge >= 0.3 is 0 Å². The van der Waals surface area contributed by atoms with E-state index in [0.717, 1.165) is 121 Å². The zero-order valence-corrected chi connectivity index (χ0v) is 34.7. The first kappa shape index (κ1) is 42.6. The Morgan fingerprint density at radius 1 is 0.833 bits per heavy atom. The molecule has 14 heteroatoms. The van der Waals surface area contributed by atoms with Crippen LogP contribution in [0.25, 0.3) is 6.08 Å². The molecule has 0 radical (unpaired) electrons. The lowest BCUT2D eigenvalue weighted by Crippen LogP contribution is -2.52. The second-order valence-electron chi connectivity index (χ2n) is 16.6. The average molecular weight is 818 g/mol. The predicted octanol–water partition coefficient (Wildman–Crippen LogP) is 4.80. The molecule has 0 bridgehead atoms. The third-order valence-corrected chi connectivity index (χ3v) is 12.5. The maximum Gasteiger partial charge on any atom is 0.274 e. The summed E-state index contributed by atoms with van der Waals surface area (Å²) in [5.74, 6) is 0.523. The number of amides is 5. The number of piperidine rings is 2. The Hall–Kier alpha value is -5.50. The number of nitrogens with zero attached hydrogens (tertiary/aromatic N) is 7. The molecule has 318 valence electrons. The summed E-state index contributed by atoms with van der Waals surface area (Å²) in [5, 5.41) is 14.2. The highest BCUT2D eigenvalue weighted by Crippen LogP contribution is 2.31. The molecule has 1 aromatic carbocycles. The van der Waals surface area contributed by atoms with Crippen molar-refractivity contribution in [1.29, 1.82) is 0 Å². The van der Waals surface area contributed by atoms with E-state index in [2.05, 4.69) is 41.7 Å². The van der Waals surface area contributed by atoms with Gasteiger partial charge in [-0.2, -0.15) is 0 Å². The van der Waals surface area contributed by atoms with Crippen molar-refractivity contribution in [3.8, 4) is 0 Å². The van der Waals surface area contributed by atoms with Crippen LogP contribution < -0.4 is 15.5 Å². The zero-order chi connectivity index (χ0) is 41.7. The number of piperazine rings is 1. The lowest BCUT2D eigenvalue weighted by Gasteiger charge is -2.35. The number of carbonyl (C=O) groups is 5. The summed E-state index contributed by atoms with van der Waals surface area (Å²) in [5.41, 5.74) is 4.21. The number of carbonyl (C=O) groups excluding carboxylic acids is 5. The number of pyridine rings is 1. The summed E-state index contributed by atoms with van der Waals surface area (Å²) in [6, 6.07) is 12.8. The van der Waals surface area contributed by atoms with Crippen LogP contribution in [0, 0.1) is 5.92 Å². The highest BCUT2D eigenvalue weighted by Gasteiger charge is 2.39. The van der Waals surface area contributed by atoms with Crippen molar-refractivity contribution in [3.63, 3.8) is 0 Å². The highest BCUT2D eigenvalue weighted by molar-refractivity contribution is 6.05. The fourth-order valence-electron chi connectivity index (χ4n) is 8.94. The minimum Gasteiger partial charge on any atom is -0.353 e. The number of benzene rings is 1. The van der Waals surface area contributed by atoms with E-state index in [1.54, 1.807) is 29.4 Å². The Bertz CT molecular complexity index is 1980. The number of fused-ring (bicyclic) bond motifs is 1. The number of likely N-dealkylation sites (tertiary alicyclic amines) is 1. The number of hydrogen-bond donors (Lipinski definition) is 2. The van der Waals surface area contributed by atoms with Crippen LogP contribution in [0.4, 0.5) is 5.82 Å². The lowest BCUT2D eigenvalue weighted by atomic mass is 9.91. The number of aryl methyl sites for hydroxylation is 1. The van der Waals surface area contributed by atoms with Crippen LogP contribution in [0.2, 0.25) is 0 Å². The van der Waals surface area contributed by atoms with Crippen molar-refractivity contribution in [2.75, 3.05) is 57.3 Å². The quantitative estimate of drug-likeness (QED) is 0.104. The topological polar surface area (TPSA) is 161 Å². The maximum absolute atomic E-state index is 13.2. The van der Waals surface area contributed by atoms with Crippen LogP contribution >= 0.6 is 0 Å². The second-order valence-corrected chi connectivity index (χ2v) is 16.6. The van der Waals surface area contributed by atoms with Crippen LogP contribution in [0.5, 0.6) is 0 Å². The number of aromatic nitrogens is 3. The van der Waals surface area contributed by atoms with Crippen molar-refractivity contribution in [2.24, 2.45) is 5.92 Å². The summed E-state index contributed by atoms with van der Waals surface area (Å²) in [6.07, 6.45) is 19.1. The Labute approximate surface area is 353 Å².